The number of piperazine rings is 1. The molecule has 0 aliphatic carbocycles. The second-order valence-corrected chi connectivity index (χ2v) is 4.62. The minimum Gasteiger partial charge on any atom is -0.368 e. The lowest BCUT2D eigenvalue weighted by Crippen LogP contribution is -2.46. The predicted molar refractivity (Wildman–Crippen MR) is 73.6 cm³/mol. The fourth-order valence-electron chi connectivity index (χ4n) is 2.35. The Morgan fingerprint density at radius 1 is 1.28 bits per heavy atom. The van der Waals surface area contributed by atoms with Crippen LogP contribution in [0.1, 0.15) is 6.92 Å². The molecule has 1 N–H and O–H groups in total. The SMILES string of the molecule is CCN(CCN1CCNCC1)c1ccccc1F. The van der Waals surface area contributed by atoms with E-state index in [1.807, 2.05) is 12.1 Å². The largest absolute Gasteiger partial charge is 0.368 e. The van der Waals surface area contributed by atoms with Crippen LogP contribution in [-0.4, -0.2) is 50.7 Å². The van der Waals surface area contributed by atoms with Gasteiger partial charge in [-0.05, 0) is 19.1 Å². The summed E-state index contributed by atoms with van der Waals surface area (Å²) in [6.45, 7) is 9.11. The molecule has 1 aliphatic heterocycles. The molecular formula is C14H22FN3. The van der Waals surface area contributed by atoms with Gasteiger partial charge in [0.25, 0.3) is 0 Å². The molecule has 1 heterocycles. The highest BCUT2D eigenvalue weighted by atomic mass is 19.1. The number of benzene rings is 1. The number of para-hydroxylation sites is 1. The molecule has 0 saturated carbocycles. The van der Waals surface area contributed by atoms with Crippen LogP contribution in [0.3, 0.4) is 0 Å². The van der Waals surface area contributed by atoms with Gasteiger partial charge in [0.05, 0.1) is 5.69 Å². The summed E-state index contributed by atoms with van der Waals surface area (Å²) in [7, 11) is 0. The van der Waals surface area contributed by atoms with Gasteiger partial charge in [-0.2, -0.15) is 0 Å². The molecule has 1 fully saturated rings. The maximum absolute atomic E-state index is 13.7. The highest BCUT2D eigenvalue weighted by molar-refractivity contribution is 5.47. The van der Waals surface area contributed by atoms with Crippen LogP contribution in [0.15, 0.2) is 24.3 Å². The molecule has 18 heavy (non-hydrogen) atoms. The third kappa shape index (κ3) is 3.43. The van der Waals surface area contributed by atoms with E-state index in [0.717, 1.165) is 51.5 Å². The van der Waals surface area contributed by atoms with Crippen LogP contribution < -0.4 is 10.2 Å². The summed E-state index contributed by atoms with van der Waals surface area (Å²) in [5.74, 6) is -0.125. The Labute approximate surface area is 109 Å². The molecule has 0 spiro atoms. The predicted octanol–water partition coefficient (Wildman–Crippen LogP) is 1.56. The van der Waals surface area contributed by atoms with Crippen molar-refractivity contribution in [2.75, 3.05) is 50.7 Å². The summed E-state index contributed by atoms with van der Waals surface area (Å²) in [5.41, 5.74) is 0.718. The number of hydrogen-bond donors (Lipinski definition) is 1. The molecule has 1 aromatic carbocycles. The maximum atomic E-state index is 13.7. The molecule has 4 heteroatoms. The second-order valence-electron chi connectivity index (χ2n) is 4.62. The van der Waals surface area contributed by atoms with Crippen molar-refractivity contribution < 1.29 is 4.39 Å². The van der Waals surface area contributed by atoms with E-state index < -0.39 is 0 Å². The van der Waals surface area contributed by atoms with Gasteiger partial charge in [0.1, 0.15) is 5.82 Å². The van der Waals surface area contributed by atoms with Crippen molar-refractivity contribution in [1.29, 1.82) is 0 Å². The number of nitrogens with one attached hydrogen (secondary N) is 1. The molecule has 0 unspecified atom stereocenters. The minimum absolute atomic E-state index is 0.125. The zero-order chi connectivity index (χ0) is 12.8. The maximum Gasteiger partial charge on any atom is 0.146 e. The van der Waals surface area contributed by atoms with Gasteiger partial charge in [-0.15, -0.1) is 0 Å². The number of nitrogens with zero attached hydrogens (tertiary/aromatic N) is 2. The van der Waals surface area contributed by atoms with Crippen molar-refractivity contribution in [3.63, 3.8) is 0 Å². The van der Waals surface area contributed by atoms with E-state index in [1.54, 1.807) is 6.07 Å². The number of anilines is 1. The summed E-state index contributed by atoms with van der Waals surface area (Å²) in [6, 6.07) is 7.02. The van der Waals surface area contributed by atoms with Crippen molar-refractivity contribution in [3.05, 3.63) is 30.1 Å². The number of halogens is 1. The fraction of sp³-hybridized carbons (Fsp3) is 0.571. The van der Waals surface area contributed by atoms with Crippen LogP contribution in [0.2, 0.25) is 0 Å². The van der Waals surface area contributed by atoms with E-state index >= 15 is 0 Å². The first-order chi connectivity index (χ1) is 8.81. The highest BCUT2D eigenvalue weighted by Crippen LogP contribution is 2.18. The quantitative estimate of drug-likeness (QED) is 0.857. The summed E-state index contributed by atoms with van der Waals surface area (Å²) in [6.07, 6.45) is 0. The van der Waals surface area contributed by atoms with Crippen LogP contribution in [-0.2, 0) is 0 Å². The summed E-state index contributed by atoms with van der Waals surface area (Å²) >= 11 is 0. The average Bonchev–Trinajstić information content (AvgIpc) is 2.42. The Morgan fingerprint density at radius 3 is 2.67 bits per heavy atom. The van der Waals surface area contributed by atoms with Crippen molar-refractivity contribution in [1.82, 2.24) is 10.2 Å². The van der Waals surface area contributed by atoms with Crippen LogP contribution >= 0.6 is 0 Å². The fourth-order valence-corrected chi connectivity index (χ4v) is 2.35. The molecule has 1 aromatic rings. The zero-order valence-electron chi connectivity index (χ0n) is 11.0. The Hall–Kier alpha value is -1.13. The van der Waals surface area contributed by atoms with E-state index in [-0.39, 0.29) is 5.82 Å². The van der Waals surface area contributed by atoms with Gasteiger partial charge in [-0.3, -0.25) is 4.90 Å². The van der Waals surface area contributed by atoms with E-state index in [1.165, 1.54) is 6.07 Å². The van der Waals surface area contributed by atoms with Crippen LogP contribution in [0.4, 0.5) is 10.1 Å². The number of hydrogen-bond acceptors (Lipinski definition) is 3. The smallest absolute Gasteiger partial charge is 0.146 e. The molecular weight excluding hydrogens is 229 g/mol. The van der Waals surface area contributed by atoms with Crippen LogP contribution in [0, 0.1) is 5.82 Å². The van der Waals surface area contributed by atoms with Gasteiger partial charge < -0.3 is 10.2 Å². The average molecular weight is 251 g/mol. The molecule has 1 saturated heterocycles. The lowest BCUT2D eigenvalue weighted by Gasteiger charge is -2.31. The van der Waals surface area contributed by atoms with Crippen LogP contribution in [0.25, 0.3) is 0 Å². The third-order valence-corrected chi connectivity index (χ3v) is 3.47. The second kappa shape index (κ2) is 6.71. The Balaban J connectivity index is 1.91. The Bertz CT molecular complexity index is 364. The van der Waals surface area contributed by atoms with Gasteiger partial charge in [0.15, 0.2) is 0 Å². The minimum atomic E-state index is -0.125. The summed E-state index contributed by atoms with van der Waals surface area (Å²) in [4.78, 5) is 4.54. The topological polar surface area (TPSA) is 18.5 Å². The molecule has 1 aliphatic rings. The van der Waals surface area contributed by atoms with Gasteiger partial charge in [-0.1, -0.05) is 12.1 Å². The van der Waals surface area contributed by atoms with E-state index in [4.69, 9.17) is 0 Å². The normalized spacial score (nSPS) is 16.8. The molecule has 0 aromatic heterocycles. The molecule has 0 radical (unpaired) electrons. The third-order valence-electron chi connectivity index (χ3n) is 3.47. The first-order valence-corrected chi connectivity index (χ1v) is 6.74. The lowest BCUT2D eigenvalue weighted by molar-refractivity contribution is 0.245. The van der Waals surface area contributed by atoms with Crippen LogP contribution in [0.5, 0.6) is 0 Å². The molecule has 2 rings (SSSR count). The highest BCUT2D eigenvalue weighted by Gasteiger charge is 2.13. The Morgan fingerprint density at radius 2 is 2.00 bits per heavy atom. The molecule has 0 bridgehead atoms. The number of rotatable bonds is 5. The van der Waals surface area contributed by atoms with Crippen molar-refractivity contribution in [2.24, 2.45) is 0 Å². The first kappa shape index (κ1) is 13.3. The first-order valence-electron chi connectivity index (χ1n) is 6.74. The van der Waals surface area contributed by atoms with Gasteiger partial charge in [-0.25, -0.2) is 4.39 Å². The lowest BCUT2D eigenvalue weighted by atomic mass is 10.2. The van der Waals surface area contributed by atoms with Crippen molar-refractivity contribution >= 4 is 5.69 Å². The molecule has 3 nitrogen and oxygen atoms in total. The number of likely N-dealkylation sites (N-methyl/N-ethyl adjacent to an activating group) is 1. The van der Waals surface area contributed by atoms with E-state index in [0.29, 0.717) is 0 Å². The summed E-state index contributed by atoms with van der Waals surface area (Å²) in [5, 5.41) is 3.34. The standard InChI is InChI=1S/C14H22FN3/c1-2-18(14-6-4-3-5-13(14)15)12-11-17-9-7-16-8-10-17/h3-6,16H,2,7-12H2,1H3. The molecule has 0 atom stereocenters. The van der Waals surface area contributed by atoms with E-state index in [2.05, 4.69) is 22.0 Å². The molecule has 0 amide bonds. The Kier molecular flexibility index (Phi) is 4.96. The van der Waals surface area contributed by atoms with Gasteiger partial charge in [0, 0.05) is 45.8 Å². The van der Waals surface area contributed by atoms with Crippen molar-refractivity contribution in [3.8, 4) is 0 Å². The van der Waals surface area contributed by atoms with Crippen molar-refractivity contribution in [2.45, 2.75) is 6.92 Å². The van der Waals surface area contributed by atoms with Gasteiger partial charge >= 0.3 is 0 Å². The monoisotopic (exact) mass is 251 g/mol. The van der Waals surface area contributed by atoms with E-state index in [9.17, 15) is 4.39 Å². The van der Waals surface area contributed by atoms with Gasteiger partial charge in [0.2, 0.25) is 0 Å². The zero-order valence-corrected chi connectivity index (χ0v) is 11.0. The summed E-state index contributed by atoms with van der Waals surface area (Å²) < 4.78 is 13.7. The molecule has 100 valence electrons.